The van der Waals surface area contributed by atoms with Crippen molar-refractivity contribution in [2.24, 2.45) is 0 Å². The van der Waals surface area contributed by atoms with Crippen LogP contribution < -0.4 is 4.72 Å². The highest BCUT2D eigenvalue weighted by molar-refractivity contribution is 7.92. The van der Waals surface area contributed by atoms with E-state index in [9.17, 15) is 12.8 Å². The lowest BCUT2D eigenvalue weighted by atomic mass is 10.3. The Morgan fingerprint density at radius 3 is 2.55 bits per heavy atom. The predicted molar refractivity (Wildman–Crippen MR) is 73.6 cm³/mol. The summed E-state index contributed by atoms with van der Waals surface area (Å²) in [5, 5.41) is -0.259. The summed E-state index contributed by atoms with van der Waals surface area (Å²) in [6, 6.07) is 3.76. The first-order chi connectivity index (χ1) is 9.44. The van der Waals surface area contributed by atoms with Crippen LogP contribution in [0, 0.1) is 5.82 Å². The molecular weight excluding hydrogens is 305 g/mol. The lowest BCUT2D eigenvalue weighted by molar-refractivity contribution is 0.570. The summed E-state index contributed by atoms with van der Waals surface area (Å²) >= 11 is 5.57. The minimum atomic E-state index is -4.08. The molecule has 0 aliphatic heterocycles. The Balaban J connectivity index is 2.33. The van der Waals surface area contributed by atoms with Crippen molar-refractivity contribution in [1.82, 2.24) is 9.97 Å². The third-order valence-electron chi connectivity index (χ3n) is 2.48. The molecule has 0 aliphatic rings. The summed E-state index contributed by atoms with van der Waals surface area (Å²) in [7, 11) is -4.08. The van der Waals surface area contributed by atoms with Crippen molar-refractivity contribution >= 4 is 27.3 Å². The van der Waals surface area contributed by atoms with Gasteiger partial charge in [0.25, 0.3) is 10.0 Å². The summed E-state index contributed by atoms with van der Waals surface area (Å²) in [5.74, 6) is -0.408. The Hall–Kier alpha value is -1.73. The first-order valence-electron chi connectivity index (χ1n) is 5.72. The van der Waals surface area contributed by atoms with Crippen molar-refractivity contribution in [3.8, 4) is 0 Å². The Kier molecular flexibility index (Phi) is 4.20. The molecule has 0 aliphatic carbocycles. The van der Waals surface area contributed by atoms with Crippen LogP contribution in [-0.2, 0) is 16.4 Å². The van der Waals surface area contributed by atoms with Crippen molar-refractivity contribution in [2.75, 3.05) is 4.72 Å². The largest absolute Gasteiger partial charge is 0.276 e. The van der Waals surface area contributed by atoms with Gasteiger partial charge in [-0.05, 0) is 12.1 Å². The summed E-state index contributed by atoms with van der Waals surface area (Å²) < 4.78 is 40.1. The molecule has 2 aromatic rings. The number of nitrogens with zero attached hydrogens (tertiary/aromatic N) is 2. The average molecular weight is 316 g/mol. The van der Waals surface area contributed by atoms with Gasteiger partial charge in [0.2, 0.25) is 0 Å². The number of aryl methyl sites for hydroxylation is 1. The highest BCUT2D eigenvalue weighted by atomic mass is 35.5. The number of hydrogen-bond acceptors (Lipinski definition) is 4. The van der Waals surface area contributed by atoms with E-state index in [0.29, 0.717) is 12.2 Å². The first kappa shape index (κ1) is 14.7. The number of sulfonamides is 1. The van der Waals surface area contributed by atoms with Gasteiger partial charge in [-0.3, -0.25) is 4.72 Å². The van der Waals surface area contributed by atoms with Crippen molar-refractivity contribution in [3.63, 3.8) is 0 Å². The van der Waals surface area contributed by atoms with E-state index in [4.69, 9.17) is 11.6 Å². The standard InChI is InChI=1S/C12H11ClFN3O2S/c1-2-11-15-6-8(7-16-11)17-20(18,19)10-5-3-4-9(13)12(10)14/h3-7,17H,2H2,1H3. The second kappa shape index (κ2) is 5.72. The minimum Gasteiger partial charge on any atom is -0.276 e. The van der Waals surface area contributed by atoms with E-state index in [-0.39, 0.29) is 10.7 Å². The molecule has 1 aromatic carbocycles. The van der Waals surface area contributed by atoms with Gasteiger partial charge in [0, 0.05) is 6.42 Å². The molecule has 0 saturated carbocycles. The second-order valence-electron chi connectivity index (χ2n) is 3.90. The van der Waals surface area contributed by atoms with Gasteiger partial charge < -0.3 is 0 Å². The normalized spacial score (nSPS) is 11.3. The molecule has 1 N–H and O–H groups in total. The van der Waals surface area contributed by atoms with Crippen LogP contribution in [0.1, 0.15) is 12.7 Å². The van der Waals surface area contributed by atoms with Gasteiger partial charge >= 0.3 is 0 Å². The fraction of sp³-hybridized carbons (Fsp3) is 0.167. The molecule has 0 fully saturated rings. The molecule has 0 spiro atoms. The maximum Gasteiger partial charge on any atom is 0.264 e. The van der Waals surface area contributed by atoms with Crippen molar-refractivity contribution in [1.29, 1.82) is 0 Å². The molecule has 0 atom stereocenters. The fourth-order valence-corrected chi connectivity index (χ4v) is 2.85. The number of hydrogen-bond donors (Lipinski definition) is 1. The molecule has 5 nitrogen and oxygen atoms in total. The van der Waals surface area contributed by atoms with Gasteiger partial charge in [0.15, 0.2) is 5.82 Å². The third-order valence-corrected chi connectivity index (χ3v) is 4.17. The molecule has 0 unspecified atom stereocenters. The Morgan fingerprint density at radius 1 is 1.30 bits per heavy atom. The number of aromatic nitrogens is 2. The molecule has 0 radical (unpaired) electrons. The highest BCUT2D eigenvalue weighted by Gasteiger charge is 2.21. The Morgan fingerprint density at radius 2 is 1.95 bits per heavy atom. The zero-order valence-electron chi connectivity index (χ0n) is 10.5. The van der Waals surface area contributed by atoms with Crippen molar-refractivity contribution in [2.45, 2.75) is 18.2 Å². The Bertz CT molecular complexity index is 720. The number of rotatable bonds is 4. The van der Waals surface area contributed by atoms with Crippen LogP contribution in [-0.4, -0.2) is 18.4 Å². The molecule has 1 aromatic heterocycles. The highest BCUT2D eigenvalue weighted by Crippen LogP contribution is 2.23. The van der Waals surface area contributed by atoms with Gasteiger partial charge in [-0.15, -0.1) is 0 Å². The van der Waals surface area contributed by atoms with Gasteiger partial charge in [-0.2, -0.15) is 0 Å². The molecule has 0 saturated heterocycles. The zero-order chi connectivity index (χ0) is 14.8. The lowest BCUT2D eigenvalue weighted by Crippen LogP contribution is -2.15. The number of benzene rings is 1. The molecule has 20 heavy (non-hydrogen) atoms. The van der Waals surface area contributed by atoms with E-state index in [2.05, 4.69) is 14.7 Å². The molecular formula is C12H11ClFN3O2S. The molecule has 1 heterocycles. The number of anilines is 1. The SMILES string of the molecule is CCc1ncc(NS(=O)(=O)c2cccc(Cl)c2F)cn1. The van der Waals surface area contributed by atoms with Crippen LogP contribution in [0.4, 0.5) is 10.1 Å². The van der Waals surface area contributed by atoms with Crippen molar-refractivity contribution < 1.29 is 12.8 Å². The topological polar surface area (TPSA) is 72.0 Å². The van der Waals surface area contributed by atoms with E-state index < -0.39 is 20.7 Å². The maximum absolute atomic E-state index is 13.7. The van der Waals surface area contributed by atoms with Gasteiger partial charge in [0.1, 0.15) is 10.7 Å². The maximum atomic E-state index is 13.7. The molecule has 2 rings (SSSR count). The predicted octanol–water partition coefficient (Wildman–Crippen LogP) is 2.63. The smallest absolute Gasteiger partial charge is 0.264 e. The van der Waals surface area contributed by atoms with Crippen LogP contribution in [0.15, 0.2) is 35.5 Å². The zero-order valence-corrected chi connectivity index (χ0v) is 12.0. The molecule has 8 heteroatoms. The summed E-state index contributed by atoms with van der Waals surface area (Å²) in [4.78, 5) is 7.39. The summed E-state index contributed by atoms with van der Waals surface area (Å²) in [5.41, 5.74) is 0.154. The van der Waals surface area contributed by atoms with Crippen LogP contribution in [0.3, 0.4) is 0 Å². The molecule has 106 valence electrons. The van der Waals surface area contributed by atoms with Gasteiger partial charge in [-0.1, -0.05) is 24.6 Å². The van der Waals surface area contributed by atoms with Crippen LogP contribution in [0.5, 0.6) is 0 Å². The fourth-order valence-electron chi connectivity index (χ4n) is 1.49. The number of halogens is 2. The van der Waals surface area contributed by atoms with E-state index in [0.717, 1.165) is 6.07 Å². The second-order valence-corrected chi connectivity index (χ2v) is 5.96. The quantitative estimate of drug-likeness (QED) is 0.941. The van der Waals surface area contributed by atoms with E-state index in [1.54, 1.807) is 0 Å². The summed E-state index contributed by atoms with van der Waals surface area (Å²) in [6.07, 6.45) is 3.29. The van der Waals surface area contributed by atoms with Crippen LogP contribution in [0.25, 0.3) is 0 Å². The Labute approximate surface area is 120 Å². The minimum absolute atomic E-state index is 0.154. The molecule has 0 bridgehead atoms. The third kappa shape index (κ3) is 3.05. The van der Waals surface area contributed by atoms with Crippen molar-refractivity contribution in [3.05, 3.63) is 47.3 Å². The van der Waals surface area contributed by atoms with E-state index in [1.165, 1.54) is 24.5 Å². The number of nitrogens with one attached hydrogen (secondary N) is 1. The van der Waals surface area contributed by atoms with E-state index >= 15 is 0 Å². The van der Waals surface area contributed by atoms with Crippen LogP contribution in [0.2, 0.25) is 5.02 Å². The monoisotopic (exact) mass is 315 g/mol. The van der Waals surface area contributed by atoms with E-state index in [1.807, 2.05) is 6.92 Å². The average Bonchev–Trinajstić information content (AvgIpc) is 2.42. The van der Waals surface area contributed by atoms with Gasteiger partial charge in [0.05, 0.1) is 23.1 Å². The van der Waals surface area contributed by atoms with Gasteiger partial charge in [-0.25, -0.2) is 22.8 Å². The summed E-state index contributed by atoms with van der Waals surface area (Å²) in [6.45, 7) is 1.88. The lowest BCUT2D eigenvalue weighted by Gasteiger charge is -2.09. The first-order valence-corrected chi connectivity index (χ1v) is 7.58. The van der Waals surface area contributed by atoms with Crippen LogP contribution >= 0.6 is 11.6 Å². The molecule has 0 amide bonds.